The number of thiophene rings is 1. The highest BCUT2D eigenvalue weighted by Gasteiger charge is 2.35. The maximum Gasteiger partial charge on any atom is 0.255 e. The van der Waals surface area contributed by atoms with Crippen molar-refractivity contribution in [2.24, 2.45) is 0 Å². The average Bonchev–Trinajstić information content (AvgIpc) is 3.48. The molecule has 0 saturated carbocycles. The van der Waals surface area contributed by atoms with E-state index in [0.717, 1.165) is 16.3 Å². The van der Waals surface area contributed by atoms with Crippen LogP contribution >= 0.6 is 11.3 Å². The van der Waals surface area contributed by atoms with Gasteiger partial charge in [-0.15, -0.1) is 16.4 Å². The maximum atomic E-state index is 13.2. The van der Waals surface area contributed by atoms with Gasteiger partial charge < -0.3 is 15.1 Å². The van der Waals surface area contributed by atoms with Crippen molar-refractivity contribution in [3.63, 3.8) is 0 Å². The normalized spacial score (nSPS) is 15.7. The van der Waals surface area contributed by atoms with E-state index in [9.17, 15) is 4.79 Å². The summed E-state index contributed by atoms with van der Waals surface area (Å²) in [7, 11) is 0. The van der Waals surface area contributed by atoms with Crippen molar-refractivity contribution in [3.05, 3.63) is 82.4 Å². The van der Waals surface area contributed by atoms with E-state index in [1.807, 2.05) is 60.8 Å². The van der Waals surface area contributed by atoms with Crippen molar-refractivity contribution in [2.45, 2.75) is 13.0 Å². The van der Waals surface area contributed by atoms with Gasteiger partial charge in [0.1, 0.15) is 6.04 Å². The minimum atomic E-state index is -0.383. The van der Waals surface area contributed by atoms with Crippen molar-refractivity contribution in [1.29, 1.82) is 0 Å². The first-order valence-corrected chi connectivity index (χ1v) is 9.96. The minimum Gasteiger partial charge on any atom is -0.461 e. The Hall–Kier alpha value is -3.65. The summed E-state index contributed by atoms with van der Waals surface area (Å²) in [5.41, 5.74) is 2.07. The number of carbonyl (C=O) groups excluding carboxylic acids is 1. The first kappa shape index (κ1) is 17.4. The number of aromatic nitrogens is 3. The Morgan fingerprint density at radius 3 is 2.76 bits per heavy atom. The predicted octanol–water partition coefficient (Wildman–Crippen LogP) is 4.53. The monoisotopic (exact) mass is 403 g/mol. The molecule has 144 valence electrons. The van der Waals surface area contributed by atoms with Crippen LogP contribution in [-0.4, -0.2) is 20.7 Å². The third-order valence-corrected chi connectivity index (χ3v) is 5.61. The molecule has 1 amide bonds. The van der Waals surface area contributed by atoms with Gasteiger partial charge in [-0.05, 0) is 42.6 Å². The van der Waals surface area contributed by atoms with Crippen LogP contribution in [0.4, 0.5) is 11.6 Å². The van der Waals surface area contributed by atoms with Crippen LogP contribution in [0.5, 0.6) is 0 Å². The van der Waals surface area contributed by atoms with Crippen LogP contribution in [0.2, 0.25) is 0 Å². The number of hydrogen-bond donors (Lipinski definition) is 2. The molecular weight excluding hydrogens is 386 g/mol. The third-order valence-electron chi connectivity index (χ3n) is 4.68. The molecule has 0 fully saturated rings. The van der Waals surface area contributed by atoms with Crippen molar-refractivity contribution in [2.75, 3.05) is 10.6 Å². The first-order chi connectivity index (χ1) is 14.2. The van der Waals surface area contributed by atoms with E-state index in [1.165, 1.54) is 0 Å². The Morgan fingerprint density at radius 2 is 2.03 bits per heavy atom. The Morgan fingerprint density at radius 1 is 1.17 bits per heavy atom. The van der Waals surface area contributed by atoms with Gasteiger partial charge in [-0.3, -0.25) is 4.79 Å². The van der Waals surface area contributed by atoms with E-state index < -0.39 is 0 Å². The van der Waals surface area contributed by atoms with Crippen LogP contribution < -0.4 is 10.6 Å². The van der Waals surface area contributed by atoms with Crippen molar-refractivity contribution in [1.82, 2.24) is 14.8 Å². The van der Waals surface area contributed by atoms with E-state index in [-0.39, 0.29) is 11.9 Å². The number of para-hydroxylation sites is 1. The zero-order valence-electron chi connectivity index (χ0n) is 15.5. The molecule has 1 unspecified atom stereocenters. The van der Waals surface area contributed by atoms with Gasteiger partial charge in [-0.1, -0.05) is 24.3 Å². The highest BCUT2D eigenvalue weighted by atomic mass is 32.1. The largest absolute Gasteiger partial charge is 0.461 e. The maximum absolute atomic E-state index is 13.2. The van der Waals surface area contributed by atoms with Crippen LogP contribution in [0.1, 0.15) is 17.8 Å². The molecule has 29 heavy (non-hydrogen) atoms. The van der Waals surface area contributed by atoms with Crippen LogP contribution in [0.3, 0.4) is 0 Å². The molecule has 4 heterocycles. The molecule has 0 saturated heterocycles. The summed E-state index contributed by atoms with van der Waals surface area (Å²) in [5.74, 6) is 1.44. The number of nitrogens with zero attached hydrogens (tertiary/aromatic N) is 3. The lowest BCUT2D eigenvalue weighted by Crippen LogP contribution is -2.31. The molecule has 1 atom stereocenters. The van der Waals surface area contributed by atoms with Gasteiger partial charge in [0.25, 0.3) is 5.91 Å². The average molecular weight is 403 g/mol. The van der Waals surface area contributed by atoms with Crippen LogP contribution in [0.15, 0.2) is 81.9 Å². The lowest BCUT2D eigenvalue weighted by atomic mass is 10.0. The number of amides is 1. The standard InChI is InChI=1S/C21H17N5O2S/c1-13-17(20(27)23-14-7-3-2-4-8-14)18(16-10-6-12-29-16)26-21(22-13)24-19(25-26)15-9-5-11-28-15/h2-12,18H,1H3,(H,23,27)(H,22,24,25). The van der Waals surface area contributed by atoms with E-state index in [4.69, 9.17) is 4.42 Å². The summed E-state index contributed by atoms with van der Waals surface area (Å²) in [5, 5.41) is 12.8. The van der Waals surface area contributed by atoms with E-state index in [1.54, 1.807) is 28.3 Å². The second-order valence-electron chi connectivity index (χ2n) is 6.58. The molecule has 3 aromatic heterocycles. The van der Waals surface area contributed by atoms with Gasteiger partial charge in [0.2, 0.25) is 11.8 Å². The zero-order valence-corrected chi connectivity index (χ0v) is 16.3. The Balaban J connectivity index is 1.58. The van der Waals surface area contributed by atoms with Crippen LogP contribution in [0.25, 0.3) is 11.6 Å². The fourth-order valence-corrected chi connectivity index (χ4v) is 4.20. The molecule has 1 aliphatic heterocycles. The smallest absolute Gasteiger partial charge is 0.255 e. The summed E-state index contributed by atoms with van der Waals surface area (Å²) in [6.07, 6.45) is 1.59. The number of nitrogens with one attached hydrogen (secondary N) is 2. The number of allylic oxidation sites excluding steroid dienone is 1. The Bertz CT molecular complexity index is 1180. The lowest BCUT2D eigenvalue weighted by Gasteiger charge is -2.27. The molecule has 7 nitrogen and oxygen atoms in total. The van der Waals surface area contributed by atoms with Gasteiger partial charge in [0.15, 0.2) is 5.76 Å². The summed E-state index contributed by atoms with van der Waals surface area (Å²) in [6.45, 7) is 1.88. The highest BCUT2D eigenvalue weighted by Crippen LogP contribution is 2.38. The Kier molecular flexibility index (Phi) is 4.25. The van der Waals surface area contributed by atoms with E-state index in [2.05, 4.69) is 20.7 Å². The van der Waals surface area contributed by atoms with Crippen molar-refractivity contribution >= 4 is 28.9 Å². The number of rotatable bonds is 4. The number of carbonyl (C=O) groups is 1. The van der Waals surface area contributed by atoms with E-state index >= 15 is 0 Å². The summed E-state index contributed by atoms with van der Waals surface area (Å²) < 4.78 is 7.19. The zero-order chi connectivity index (χ0) is 19.8. The van der Waals surface area contributed by atoms with Crippen LogP contribution in [-0.2, 0) is 4.79 Å². The minimum absolute atomic E-state index is 0.180. The molecule has 4 aromatic rings. The number of fused-ring (bicyclic) bond motifs is 1. The fourth-order valence-electron chi connectivity index (χ4n) is 3.39. The number of benzene rings is 1. The summed E-state index contributed by atoms with van der Waals surface area (Å²) in [6, 6.07) is 16.6. The molecule has 0 radical (unpaired) electrons. The number of anilines is 2. The van der Waals surface area contributed by atoms with Gasteiger partial charge >= 0.3 is 0 Å². The molecule has 2 N–H and O–H groups in total. The van der Waals surface area contributed by atoms with Crippen molar-refractivity contribution < 1.29 is 9.21 Å². The molecule has 1 aliphatic rings. The number of hydrogen-bond acceptors (Lipinski definition) is 6. The molecule has 8 heteroatoms. The van der Waals surface area contributed by atoms with Gasteiger partial charge in [0.05, 0.1) is 11.8 Å². The first-order valence-electron chi connectivity index (χ1n) is 9.09. The Labute approximate surface area is 170 Å². The molecular formula is C21H17N5O2S. The summed E-state index contributed by atoms with van der Waals surface area (Å²) >= 11 is 1.58. The van der Waals surface area contributed by atoms with Gasteiger partial charge in [0, 0.05) is 16.3 Å². The summed E-state index contributed by atoms with van der Waals surface area (Å²) in [4.78, 5) is 18.8. The molecule has 5 rings (SSSR count). The molecule has 0 spiro atoms. The molecule has 0 bridgehead atoms. The SMILES string of the molecule is CC1=C(C(=O)Nc2ccccc2)C(c2cccs2)n2nc(-c3ccco3)nc2N1. The molecule has 1 aromatic carbocycles. The topological polar surface area (TPSA) is 85.0 Å². The van der Waals surface area contributed by atoms with Crippen LogP contribution in [0, 0.1) is 0 Å². The fraction of sp³-hybridized carbons (Fsp3) is 0.0952. The molecule has 0 aliphatic carbocycles. The predicted molar refractivity (Wildman–Crippen MR) is 112 cm³/mol. The van der Waals surface area contributed by atoms with Crippen molar-refractivity contribution in [3.8, 4) is 11.6 Å². The third kappa shape index (κ3) is 3.13. The van der Waals surface area contributed by atoms with Gasteiger partial charge in [-0.2, -0.15) is 4.98 Å². The second-order valence-corrected chi connectivity index (χ2v) is 7.56. The number of furan rings is 1. The van der Waals surface area contributed by atoms with E-state index in [0.29, 0.717) is 23.1 Å². The second kappa shape index (κ2) is 7.06. The lowest BCUT2D eigenvalue weighted by molar-refractivity contribution is -0.113. The quantitative estimate of drug-likeness (QED) is 0.523. The van der Waals surface area contributed by atoms with Gasteiger partial charge in [-0.25, -0.2) is 4.68 Å². The highest BCUT2D eigenvalue weighted by molar-refractivity contribution is 7.10.